The summed E-state index contributed by atoms with van der Waals surface area (Å²) in [5.74, 6) is 0. The molecule has 3 rings (SSSR count). The van der Waals surface area contributed by atoms with E-state index < -0.39 is 21.1 Å². The quantitative estimate of drug-likeness (QED) is 0.455. The molecule has 0 saturated heterocycles. The highest BCUT2D eigenvalue weighted by atomic mass is 35.5. The number of fused-ring (bicyclic) bond motifs is 1. The minimum atomic E-state index is -3.87. The molecular weight excluding hydrogens is 428 g/mol. The van der Waals surface area contributed by atoms with Gasteiger partial charge in [-0.25, -0.2) is 13.1 Å². The van der Waals surface area contributed by atoms with E-state index in [1.54, 1.807) is 6.07 Å². The zero-order chi connectivity index (χ0) is 21.9. The highest BCUT2D eigenvalue weighted by Gasteiger charge is 2.24. The van der Waals surface area contributed by atoms with Crippen molar-refractivity contribution in [2.45, 2.75) is 24.8 Å². The summed E-state index contributed by atoms with van der Waals surface area (Å²) in [5.41, 5.74) is -0.223. The average molecular weight is 451 g/mol. The van der Waals surface area contributed by atoms with Crippen LogP contribution >= 0.6 is 11.6 Å². The number of hydrogen-bond acceptors (Lipinski definition) is 5. The summed E-state index contributed by atoms with van der Waals surface area (Å²) in [4.78, 5) is 29.9. The number of sulfonamides is 1. The van der Waals surface area contributed by atoms with Crippen molar-refractivity contribution in [2.24, 2.45) is 0 Å². The van der Waals surface area contributed by atoms with Crippen LogP contribution in [0.4, 0.5) is 0 Å². The van der Waals surface area contributed by atoms with E-state index in [1.165, 1.54) is 18.2 Å². The van der Waals surface area contributed by atoms with Crippen LogP contribution in [0, 0.1) is 0 Å². The second-order valence-corrected chi connectivity index (χ2v) is 8.90. The van der Waals surface area contributed by atoms with Crippen LogP contribution in [0.3, 0.4) is 0 Å². The van der Waals surface area contributed by atoms with Crippen molar-refractivity contribution in [3.8, 4) is 0 Å². The molecule has 10 heteroatoms. The van der Waals surface area contributed by atoms with Crippen molar-refractivity contribution in [3.63, 3.8) is 0 Å². The van der Waals surface area contributed by atoms with Crippen molar-refractivity contribution < 1.29 is 8.42 Å². The molecule has 0 saturated carbocycles. The van der Waals surface area contributed by atoms with Crippen LogP contribution in [0.2, 0.25) is 5.02 Å². The summed E-state index contributed by atoms with van der Waals surface area (Å²) < 4.78 is 28.5. The summed E-state index contributed by atoms with van der Waals surface area (Å²) in [6.07, 6.45) is 0. The summed E-state index contributed by atoms with van der Waals surface area (Å²) in [7, 11) is -3.87. The molecule has 1 unspecified atom stereocenters. The molecule has 3 aromatic rings. The van der Waals surface area contributed by atoms with Gasteiger partial charge in [0.15, 0.2) is 0 Å². The maximum atomic E-state index is 12.9. The Labute approximate surface area is 178 Å². The van der Waals surface area contributed by atoms with Crippen LogP contribution in [-0.2, 0) is 10.0 Å². The molecule has 0 aliphatic carbocycles. The van der Waals surface area contributed by atoms with Gasteiger partial charge >= 0.3 is 11.1 Å². The van der Waals surface area contributed by atoms with Gasteiger partial charge in [-0.05, 0) is 42.9 Å². The van der Waals surface area contributed by atoms with Gasteiger partial charge in [0, 0.05) is 17.6 Å². The summed E-state index contributed by atoms with van der Waals surface area (Å²) in [6.45, 7) is 5.57. The lowest BCUT2D eigenvalue weighted by Gasteiger charge is -2.30. The zero-order valence-electron chi connectivity index (χ0n) is 16.6. The van der Waals surface area contributed by atoms with Gasteiger partial charge < -0.3 is 9.97 Å². The lowest BCUT2D eigenvalue weighted by atomic mass is 10.1. The van der Waals surface area contributed by atoms with Gasteiger partial charge in [0.2, 0.25) is 10.0 Å². The number of halogens is 1. The molecule has 1 heterocycles. The molecule has 0 radical (unpaired) electrons. The molecule has 0 aliphatic rings. The number of rotatable bonds is 8. The fraction of sp³-hybridized carbons (Fsp3) is 0.300. The molecule has 0 amide bonds. The number of nitrogens with zero attached hydrogens (tertiary/aromatic N) is 1. The first-order valence-corrected chi connectivity index (χ1v) is 11.4. The van der Waals surface area contributed by atoms with Crippen molar-refractivity contribution in [2.75, 3.05) is 19.6 Å². The normalized spacial score (nSPS) is 13.1. The number of hydrogen-bond donors (Lipinski definition) is 3. The second kappa shape index (κ2) is 9.13. The third kappa shape index (κ3) is 4.65. The number of aromatic amines is 2. The van der Waals surface area contributed by atoms with Crippen molar-refractivity contribution in [1.29, 1.82) is 0 Å². The lowest BCUT2D eigenvalue weighted by molar-refractivity contribution is 0.220. The minimum Gasteiger partial charge on any atom is -0.316 e. The molecule has 160 valence electrons. The molecule has 2 aromatic carbocycles. The van der Waals surface area contributed by atoms with Gasteiger partial charge in [-0.1, -0.05) is 43.6 Å². The van der Waals surface area contributed by atoms with Gasteiger partial charge in [0.05, 0.1) is 15.9 Å². The van der Waals surface area contributed by atoms with Gasteiger partial charge in [0.25, 0.3) is 0 Å². The number of H-pyrrole nitrogens is 2. The van der Waals surface area contributed by atoms with Crippen LogP contribution < -0.4 is 15.8 Å². The molecule has 0 spiro atoms. The van der Waals surface area contributed by atoms with Crippen molar-refractivity contribution >= 4 is 32.7 Å². The first kappa shape index (κ1) is 22.2. The highest BCUT2D eigenvalue weighted by molar-refractivity contribution is 7.89. The second-order valence-electron chi connectivity index (χ2n) is 6.73. The van der Waals surface area contributed by atoms with Crippen LogP contribution in [0.15, 0.2) is 56.9 Å². The standard InChI is InChI=1S/C20H23ClN4O4S/c1-3-25(4-2)18(14-7-5-6-8-15(14)21)12-22-30(28,29)13-9-10-16-17(11-13)24-20(27)19(26)23-16/h5-11,18,22H,3-4,12H2,1-2H3,(H,23,26)(H,24,27). The van der Waals surface area contributed by atoms with E-state index in [0.29, 0.717) is 10.5 Å². The van der Waals surface area contributed by atoms with E-state index in [4.69, 9.17) is 11.6 Å². The maximum absolute atomic E-state index is 12.9. The Kier molecular flexibility index (Phi) is 6.77. The molecular formula is C20H23ClN4O4S. The predicted octanol–water partition coefficient (Wildman–Crippen LogP) is 2.23. The van der Waals surface area contributed by atoms with Crippen LogP contribution in [0.5, 0.6) is 0 Å². The largest absolute Gasteiger partial charge is 0.316 e. The third-order valence-corrected chi connectivity index (χ3v) is 6.75. The Morgan fingerprint density at radius 1 is 1.00 bits per heavy atom. The zero-order valence-corrected chi connectivity index (χ0v) is 18.2. The van der Waals surface area contributed by atoms with E-state index in [9.17, 15) is 18.0 Å². The summed E-state index contributed by atoms with van der Waals surface area (Å²) in [5, 5.41) is 0.570. The number of nitrogens with one attached hydrogen (secondary N) is 3. The molecule has 1 atom stereocenters. The third-order valence-electron chi connectivity index (χ3n) is 4.99. The molecule has 0 bridgehead atoms. The van der Waals surface area contributed by atoms with E-state index in [2.05, 4.69) is 19.6 Å². The Bertz CT molecular complexity index is 1270. The van der Waals surface area contributed by atoms with E-state index >= 15 is 0 Å². The monoisotopic (exact) mass is 450 g/mol. The molecule has 3 N–H and O–H groups in total. The number of likely N-dealkylation sites (N-methyl/N-ethyl adjacent to an activating group) is 1. The topological polar surface area (TPSA) is 115 Å². The van der Waals surface area contributed by atoms with Gasteiger partial charge in [-0.3, -0.25) is 14.5 Å². The van der Waals surface area contributed by atoms with Gasteiger partial charge in [-0.2, -0.15) is 0 Å². The SMILES string of the molecule is CCN(CC)C(CNS(=O)(=O)c1ccc2[nH]c(=O)c(=O)[nH]c2c1)c1ccccc1Cl. The Hall–Kier alpha value is -2.46. The molecule has 30 heavy (non-hydrogen) atoms. The Morgan fingerprint density at radius 3 is 2.27 bits per heavy atom. The fourth-order valence-electron chi connectivity index (χ4n) is 3.38. The lowest BCUT2D eigenvalue weighted by Crippen LogP contribution is -2.38. The van der Waals surface area contributed by atoms with Crippen LogP contribution in [0.1, 0.15) is 25.5 Å². The Balaban J connectivity index is 1.92. The van der Waals surface area contributed by atoms with Crippen molar-refractivity contribution in [1.82, 2.24) is 19.6 Å². The summed E-state index contributed by atoms with van der Waals surface area (Å²) >= 11 is 6.37. The minimum absolute atomic E-state index is 0.0184. The average Bonchev–Trinajstić information content (AvgIpc) is 2.72. The maximum Gasteiger partial charge on any atom is 0.314 e. The smallest absolute Gasteiger partial charge is 0.314 e. The fourth-order valence-corrected chi connectivity index (χ4v) is 4.70. The Morgan fingerprint density at radius 2 is 1.63 bits per heavy atom. The molecule has 0 aliphatic heterocycles. The van der Waals surface area contributed by atoms with Gasteiger partial charge in [-0.15, -0.1) is 0 Å². The number of benzene rings is 2. The summed E-state index contributed by atoms with van der Waals surface area (Å²) in [6, 6.07) is 11.2. The van der Waals surface area contributed by atoms with E-state index in [1.807, 2.05) is 32.0 Å². The van der Waals surface area contributed by atoms with Crippen LogP contribution in [-0.4, -0.2) is 42.9 Å². The van der Waals surface area contributed by atoms with Crippen molar-refractivity contribution in [3.05, 3.63) is 73.8 Å². The molecule has 0 fully saturated rings. The van der Waals surface area contributed by atoms with E-state index in [0.717, 1.165) is 18.7 Å². The molecule has 8 nitrogen and oxygen atoms in total. The first-order chi connectivity index (χ1) is 14.3. The van der Waals surface area contributed by atoms with Gasteiger partial charge in [0.1, 0.15) is 0 Å². The highest BCUT2D eigenvalue weighted by Crippen LogP contribution is 2.27. The predicted molar refractivity (Wildman–Crippen MR) is 117 cm³/mol. The van der Waals surface area contributed by atoms with Crippen LogP contribution in [0.25, 0.3) is 11.0 Å². The number of aromatic nitrogens is 2. The molecule has 1 aromatic heterocycles. The van der Waals surface area contributed by atoms with E-state index in [-0.39, 0.29) is 23.0 Å². The first-order valence-electron chi connectivity index (χ1n) is 9.51.